The highest BCUT2D eigenvalue weighted by Crippen LogP contribution is 2.42. The molecule has 1 aliphatic heterocycles. The van der Waals surface area contributed by atoms with Crippen LogP contribution in [0, 0.1) is 19.7 Å². The average molecular weight is 515 g/mol. The summed E-state index contributed by atoms with van der Waals surface area (Å²) >= 11 is 1.60. The molecule has 186 valence electrons. The first-order chi connectivity index (χ1) is 17.9. The van der Waals surface area contributed by atoms with Crippen molar-refractivity contribution in [3.8, 4) is 32.7 Å². The lowest BCUT2D eigenvalue weighted by atomic mass is 9.92. The number of alkyl halides is 1. The van der Waals surface area contributed by atoms with Crippen LogP contribution in [0.4, 0.5) is 8.78 Å². The summed E-state index contributed by atoms with van der Waals surface area (Å²) in [7, 11) is 0. The van der Waals surface area contributed by atoms with E-state index in [1.165, 1.54) is 17.0 Å². The first-order valence-electron chi connectivity index (χ1n) is 11.9. The molecule has 1 aliphatic rings. The molecule has 0 radical (unpaired) electrons. The van der Waals surface area contributed by atoms with Gasteiger partial charge >= 0.3 is 0 Å². The minimum absolute atomic E-state index is 0.148. The maximum atomic E-state index is 13.7. The lowest BCUT2D eigenvalue weighted by Crippen LogP contribution is -2.51. The fourth-order valence-electron chi connectivity index (χ4n) is 4.53. The molecular formula is C29H24F2N4OS. The Morgan fingerprint density at radius 3 is 2.27 bits per heavy atom. The number of carbonyl (C=O) groups is 1. The summed E-state index contributed by atoms with van der Waals surface area (Å²) in [5.41, 5.74) is 16.2. The Kier molecular flexibility index (Phi) is 6.78. The molecule has 2 heterocycles. The van der Waals surface area contributed by atoms with Gasteiger partial charge in [-0.25, -0.2) is 8.78 Å². The van der Waals surface area contributed by atoms with E-state index < -0.39 is 6.17 Å². The number of thiophene rings is 1. The number of carbonyl (C=O) groups excluding carboxylic acids is 1. The Hall–Kier alpha value is -4.00. The van der Waals surface area contributed by atoms with Gasteiger partial charge in [0, 0.05) is 20.2 Å². The van der Waals surface area contributed by atoms with Crippen LogP contribution in [0.2, 0.25) is 0 Å². The van der Waals surface area contributed by atoms with Crippen molar-refractivity contribution in [3.63, 3.8) is 0 Å². The van der Waals surface area contributed by atoms with Gasteiger partial charge in [0.2, 0.25) is 0 Å². The van der Waals surface area contributed by atoms with Crippen LogP contribution in [0.25, 0.3) is 43.1 Å². The second-order valence-electron chi connectivity index (χ2n) is 9.15. The van der Waals surface area contributed by atoms with Gasteiger partial charge in [-0.2, -0.15) is 0 Å². The topological polar surface area (TPSA) is 69.1 Å². The van der Waals surface area contributed by atoms with Gasteiger partial charge in [0.05, 0.1) is 19.6 Å². The first kappa shape index (κ1) is 24.7. The molecule has 1 fully saturated rings. The van der Waals surface area contributed by atoms with Crippen molar-refractivity contribution in [1.29, 1.82) is 0 Å². The van der Waals surface area contributed by atoms with Crippen molar-refractivity contribution < 1.29 is 13.6 Å². The van der Waals surface area contributed by atoms with Gasteiger partial charge in [-0.15, -0.1) is 11.3 Å². The third-order valence-corrected chi connectivity index (χ3v) is 8.24. The van der Waals surface area contributed by atoms with E-state index in [1.807, 2.05) is 25.1 Å². The lowest BCUT2D eigenvalue weighted by Gasteiger charge is -2.34. The summed E-state index contributed by atoms with van der Waals surface area (Å²) in [6.45, 7) is 4.68. The molecule has 37 heavy (non-hydrogen) atoms. The lowest BCUT2D eigenvalue weighted by molar-refractivity contribution is 0.0400. The molecule has 0 spiro atoms. The Balaban J connectivity index is 1.55. The second kappa shape index (κ2) is 10.2. The van der Waals surface area contributed by atoms with E-state index in [0.717, 1.165) is 48.7 Å². The molecule has 0 atom stereocenters. The Morgan fingerprint density at radius 2 is 1.62 bits per heavy atom. The highest BCUT2D eigenvalue weighted by Gasteiger charge is 2.30. The molecule has 4 aromatic rings. The second-order valence-corrected chi connectivity index (χ2v) is 10.3. The van der Waals surface area contributed by atoms with E-state index in [1.54, 1.807) is 35.6 Å². The van der Waals surface area contributed by atoms with Gasteiger partial charge in [-0.1, -0.05) is 41.5 Å². The Labute approximate surface area is 217 Å². The zero-order chi connectivity index (χ0) is 26.1. The molecule has 0 saturated carbocycles. The molecule has 5 rings (SSSR count). The first-order valence-corrected chi connectivity index (χ1v) is 12.7. The summed E-state index contributed by atoms with van der Waals surface area (Å²) in [6, 6.07) is 19.9. The number of nitrogens with zero attached hydrogens (tertiary/aromatic N) is 4. The molecule has 1 saturated heterocycles. The molecule has 5 nitrogen and oxygen atoms in total. The molecule has 1 aromatic heterocycles. The number of rotatable bonds is 6. The summed E-state index contributed by atoms with van der Waals surface area (Å²) in [4.78, 5) is 19.0. The SMILES string of the molecule is Cc1c(CN=[N+]=[N-])sc(-c2ccc(-c3ccc(C(=O)N4CC(F)C4)cc3)cc2-c2ccc(F)cc2)c1C. The number of likely N-dealkylation sites (tertiary alicyclic amines) is 1. The zero-order valence-corrected chi connectivity index (χ0v) is 21.2. The van der Waals surface area contributed by atoms with Crippen molar-refractivity contribution >= 4 is 17.2 Å². The van der Waals surface area contributed by atoms with Crippen LogP contribution in [0.1, 0.15) is 26.4 Å². The quantitative estimate of drug-likeness (QED) is 0.146. The van der Waals surface area contributed by atoms with Gasteiger partial charge < -0.3 is 4.90 Å². The molecular weight excluding hydrogens is 490 g/mol. The zero-order valence-electron chi connectivity index (χ0n) is 20.4. The number of benzene rings is 3. The molecule has 1 amide bonds. The normalized spacial score (nSPS) is 13.2. The van der Waals surface area contributed by atoms with Crippen molar-refractivity contribution in [2.24, 2.45) is 5.11 Å². The summed E-state index contributed by atoms with van der Waals surface area (Å²) in [5.74, 6) is -0.467. The van der Waals surface area contributed by atoms with Crippen LogP contribution < -0.4 is 0 Å². The molecule has 0 aliphatic carbocycles. The largest absolute Gasteiger partial charge is 0.333 e. The summed E-state index contributed by atoms with van der Waals surface area (Å²) < 4.78 is 26.9. The van der Waals surface area contributed by atoms with Crippen LogP contribution >= 0.6 is 11.3 Å². The maximum Gasteiger partial charge on any atom is 0.254 e. The van der Waals surface area contributed by atoms with E-state index in [0.29, 0.717) is 12.1 Å². The van der Waals surface area contributed by atoms with Gasteiger partial charge in [0.15, 0.2) is 0 Å². The van der Waals surface area contributed by atoms with Crippen molar-refractivity contribution in [2.75, 3.05) is 13.1 Å². The highest BCUT2D eigenvalue weighted by atomic mass is 32.1. The average Bonchev–Trinajstić information content (AvgIpc) is 3.18. The fourth-order valence-corrected chi connectivity index (χ4v) is 5.80. The number of hydrogen-bond donors (Lipinski definition) is 0. The molecule has 0 N–H and O–H groups in total. The summed E-state index contributed by atoms with van der Waals surface area (Å²) in [5, 5.41) is 3.74. The van der Waals surface area contributed by atoms with Gasteiger partial charge in [-0.3, -0.25) is 4.79 Å². The Morgan fingerprint density at radius 1 is 0.973 bits per heavy atom. The van der Waals surface area contributed by atoms with Crippen LogP contribution in [-0.2, 0) is 6.54 Å². The van der Waals surface area contributed by atoms with E-state index in [2.05, 4.69) is 29.1 Å². The van der Waals surface area contributed by atoms with Gasteiger partial charge in [0.1, 0.15) is 12.0 Å². The number of hydrogen-bond acceptors (Lipinski definition) is 3. The fraction of sp³-hybridized carbons (Fsp3) is 0.207. The van der Waals surface area contributed by atoms with E-state index in [9.17, 15) is 13.6 Å². The predicted octanol–water partition coefficient (Wildman–Crippen LogP) is 8.11. The van der Waals surface area contributed by atoms with Crippen molar-refractivity contribution in [3.05, 3.63) is 105 Å². The Bertz CT molecular complexity index is 1520. The van der Waals surface area contributed by atoms with Crippen molar-refractivity contribution in [2.45, 2.75) is 26.6 Å². The van der Waals surface area contributed by atoms with Crippen molar-refractivity contribution in [1.82, 2.24) is 4.90 Å². The number of halogens is 2. The molecule has 8 heteroatoms. The van der Waals surface area contributed by atoms with Crippen LogP contribution in [0.15, 0.2) is 71.8 Å². The predicted molar refractivity (Wildman–Crippen MR) is 144 cm³/mol. The number of azide groups is 1. The standard InChI is InChI=1S/C29H24F2N4OS/c1-17-18(2)28(37-27(17)14-33-34-32)25-12-9-22(13-26(25)20-7-10-23(30)11-8-20)19-3-5-21(6-4-19)29(36)35-15-24(31)16-35/h3-13,24H,14-16H2,1-2H3. The van der Waals surface area contributed by atoms with Gasteiger partial charge in [0.25, 0.3) is 5.91 Å². The highest BCUT2D eigenvalue weighted by molar-refractivity contribution is 7.16. The minimum atomic E-state index is -0.933. The monoisotopic (exact) mass is 514 g/mol. The molecule has 3 aromatic carbocycles. The van der Waals surface area contributed by atoms with Crippen LogP contribution in [0.5, 0.6) is 0 Å². The number of amides is 1. The molecule has 0 unspecified atom stereocenters. The third-order valence-electron chi connectivity index (χ3n) is 6.83. The third kappa shape index (κ3) is 4.86. The van der Waals surface area contributed by atoms with Gasteiger partial charge in [-0.05, 0) is 88.7 Å². The van der Waals surface area contributed by atoms with Crippen LogP contribution in [-0.4, -0.2) is 30.1 Å². The van der Waals surface area contributed by atoms with E-state index >= 15 is 0 Å². The van der Waals surface area contributed by atoms with E-state index in [4.69, 9.17) is 5.53 Å². The molecule has 0 bridgehead atoms. The minimum Gasteiger partial charge on any atom is -0.333 e. The van der Waals surface area contributed by atoms with Crippen LogP contribution in [0.3, 0.4) is 0 Å². The summed E-state index contributed by atoms with van der Waals surface area (Å²) in [6.07, 6.45) is -0.933. The maximum absolute atomic E-state index is 13.7. The smallest absolute Gasteiger partial charge is 0.254 e. The van der Waals surface area contributed by atoms with E-state index in [-0.39, 0.29) is 24.8 Å².